The summed E-state index contributed by atoms with van der Waals surface area (Å²) in [6, 6.07) is 0. The van der Waals surface area contributed by atoms with Gasteiger partial charge in [-0.3, -0.25) is 9.59 Å². The fourth-order valence-corrected chi connectivity index (χ4v) is 10.6. The van der Waals surface area contributed by atoms with Gasteiger partial charge in [-0.2, -0.15) is 0 Å². The van der Waals surface area contributed by atoms with E-state index in [1.165, 1.54) is 89.9 Å². The second kappa shape index (κ2) is 20.8. The summed E-state index contributed by atoms with van der Waals surface area (Å²) in [6.07, 6.45) is 25.3. The lowest BCUT2D eigenvalue weighted by molar-refractivity contribution is -0.165. The highest BCUT2D eigenvalue weighted by Gasteiger charge is 2.41. The molecular weight excluding hydrogens is 604 g/mol. The van der Waals surface area contributed by atoms with Crippen molar-refractivity contribution in [3.05, 3.63) is 0 Å². The maximum Gasteiger partial charge on any atom is 0.309 e. The predicted octanol–water partition coefficient (Wildman–Crippen LogP) is 13.0. The van der Waals surface area contributed by atoms with E-state index in [4.69, 9.17) is 9.47 Å². The summed E-state index contributed by atoms with van der Waals surface area (Å²) in [4.78, 5) is 27.0. The van der Waals surface area contributed by atoms with E-state index >= 15 is 0 Å². The molecule has 0 amide bonds. The van der Waals surface area contributed by atoms with Crippen LogP contribution in [0.4, 0.5) is 0 Å². The highest BCUT2D eigenvalue weighted by molar-refractivity contribution is 5.82. The minimum absolute atomic E-state index is 0.150. The molecule has 4 heteroatoms. The molecule has 286 valence electrons. The molecule has 0 radical (unpaired) electrons. The number of esters is 2. The highest BCUT2D eigenvalue weighted by Crippen LogP contribution is 2.46. The van der Waals surface area contributed by atoms with Crippen molar-refractivity contribution in [2.45, 2.75) is 197 Å². The Bertz CT molecular complexity index is 942. The zero-order chi connectivity index (χ0) is 36.0. The number of unbranched alkanes of at least 4 members (excludes halogenated alkanes) is 2. The smallest absolute Gasteiger partial charge is 0.309 e. The molecule has 4 nitrogen and oxygen atoms in total. The molecule has 3 rings (SSSR count). The van der Waals surface area contributed by atoms with Crippen LogP contribution in [-0.2, 0) is 19.1 Å². The molecule has 3 saturated carbocycles. The molecule has 7 atom stereocenters. The summed E-state index contributed by atoms with van der Waals surface area (Å²) in [7, 11) is 0. The minimum atomic E-state index is -0.350. The Morgan fingerprint density at radius 1 is 0.612 bits per heavy atom. The zero-order valence-electron chi connectivity index (χ0n) is 34.1. The topological polar surface area (TPSA) is 52.6 Å². The van der Waals surface area contributed by atoms with Crippen LogP contribution in [-0.4, -0.2) is 25.2 Å². The molecule has 3 aliphatic rings. The molecule has 7 unspecified atom stereocenters. The summed E-state index contributed by atoms with van der Waals surface area (Å²) in [6.45, 7) is 22.6. The zero-order valence-corrected chi connectivity index (χ0v) is 34.1. The molecule has 49 heavy (non-hydrogen) atoms. The molecule has 0 aromatic carbocycles. The van der Waals surface area contributed by atoms with Gasteiger partial charge < -0.3 is 9.47 Å². The van der Waals surface area contributed by atoms with Crippen molar-refractivity contribution in [1.29, 1.82) is 0 Å². The van der Waals surface area contributed by atoms with Gasteiger partial charge in [0.05, 0.1) is 25.0 Å². The molecule has 0 aromatic rings. The normalized spacial score (nSPS) is 33.3. The van der Waals surface area contributed by atoms with Crippen molar-refractivity contribution in [2.24, 2.45) is 64.1 Å². The van der Waals surface area contributed by atoms with Crippen LogP contribution in [0.5, 0.6) is 0 Å². The lowest BCUT2D eigenvalue weighted by Crippen LogP contribution is -2.38. The van der Waals surface area contributed by atoms with Crippen LogP contribution in [0.15, 0.2) is 0 Å². The van der Waals surface area contributed by atoms with E-state index < -0.39 is 0 Å². The second-order valence-electron chi connectivity index (χ2n) is 19.5. The van der Waals surface area contributed by atoms with E-state index in [9.17, 15) is 9.59 Å². The summed E-state index contributed by atoms with van der Waals surface area (Å²) in [5.74, 6) is 3.56. The van der Waals surface area contributed by atoms with Gasteiger partial charge in [0.2, 0.25) is 0 Å². The van der Waals surface area contributed by atoms with Crippen molar-refractivity contribution in [3.8, 4) is 0 Å². The maximum absolute atomic E-state index is 13.5. The van der Waals surface area contributed by atoms with E-state index in [2.05, 4.69) is 62.3 Å². The van der Waals surface area contributed by atoms with Gasteiger partial charge in [0.1, 0.15) is 0 Å². The van der Waals surface area contributed by atoms with Crippen LogP contribution in [0, 0.1) is 64.1 Å². The van der Waals surface area contributed by atoms with E-state index in [0.29, 0.717) is 41.8 Å². The third-order valence-electron chi connectivity index (χ3n) is 13.7. The van der Waals surface area contributed by atoms with Crippen LogP contribution in [0.1, 0.15) is 197 Å². The van der Waals surface area contributed by atoms with Gasteiger partial charge >= 0.3 is 11.9 Å². The van der Waals surface area contributed by atoms with Crippen molar-refractivity contribution < 1.29 is 19.1 Å². The van der Waals surface area contributed by atoms with Gasteiger partial charge in [-0.1, -0.05) is 101 Å². The standard InChI is InChI=1S/C45H82O4/c1-10-12-14-33(3)26-36(6)29-44(8)22-18-38(19-23-44)31-48-42(46)40-17-16-35(5)28-41(40)43(47)49-32-39-20-24-45(9,25-21-39)30-37(7)27-34(4)15-13-11-2/h33-41H,10-32H2,1-9H3. The monoisotopic (exact) mass is 687 g/mol. The summed E-state index contributed by atoms with van der Waals surface area (Å²) in [5, 5.41) is 0. The molecule has 0 aromatic heterocycles. The van der Waals surface area contributed by atoms with Crippen LogP contribution in [0.2, 0.25) is 0 Å². The second-order valence-corrected chi connectivity index (χ2v) is 19.5. The Labute approximate surface area is 304 Å². The number of rotatable bonds is 20. The summed E-state index contributed by atoms with van der Waals surface area (Å²) < 4.78 is 12.1. The Hall–Kier alpha value is -1.06. The average Bonchev–Trinajstić information content (AvgIpc) is 3.05. The Morgan fingerprint density at radius 2 is 1.02 bits per heavy atom. The quantitative estimate of drug-likeness (QED) is 0.120. The first-order valence-corrected chi connectivity index (χ1v) is 21.6. The molecule has 0 saturated heterocycles. The molecule has 0 aliphatic heterocycles. The number of ether oxygens (including phenoxy) is 2. The van der Waals surface area contributed by atoms with Gasteiger partial charge in [-0.05, 0) is 149 Å². The third-order valence-corrected chi connectivity index (χ3v) is 13.7. The first-order chi connectivity index (χ1) is 23.2. The Balaban J connectivity index is 1.39. The summed E-state index contributed by atoms with van der Waals surface area (Å²) in [5.41, 5.74) is 0.834. The van der Waals surface area contributed by atoms with Crippen molar-refractivity contribution in [2.75, 3.05) is 13.2 Å². The van der Waals surface area contributed by atoms with Gasteiger partial charge in [0, 0.05) is 0 Å². The van der Waals surface area contributed by atoms with Gasteiger partial charge in [0.15, 0.2) is 0 Å². The van der Waals surface area contributed by atoms with Gasteiger partial charge in [-0.15, -0.1) is 0 Å². The van der Waals surface area contributed by atoms with Crippen molar-refractivity contribution >= 4 is 11.9 Å². The lowest BCUT2D eigenvalue weighted by Gasteiger charge is -2.40. The highest BCUT2D eigenvalue weighted by atomic mass is 16.5. The van der Waals surface area contributed by atoms with E-state index in [1.54, 1.807) is 0 Å². The molecule has 3 fully saturated rings. The van der Waals surface area contributed by atoms with E-state index in [-0.39, 0.29) is 23.8 Å². The molecular formula is C45H82O4. The maximum atomic E-state index is 13.5. The molecule has 0 N–H and O–H groups in total. The molecule has 0 heterocycles. The Morgan fingerprint density at radius 3 is 1.43 bits per heavy atom. The SMILES string of the molecule is CCCCC(C)CC(C)CC1(C)CCC(COC(=O)C2CCC(C)CC2C(=O)OCC2CCC(C)(CC(C)CC(C)CCCC)CC2)CC1. The fourth-order valence-electron chi connectivity index (χ4n) is 10.6. The number of carbonyl (C=O) groups is 2. The third kappa shape index (κ3) is 14.8. The summed E-state index contributed by atoms with van der Waals surface area (Å²) >= 11 is 0. The first kappa shape index (κ1) is 42.4. The molecule has 0 bridgehead atoms. The fraction of sp³-hybridized carbons (Fsp3) is 0.956. The number of carbonyl (C=O) groups excluding carboxylic acids is 2. The van der Waals surface area contributed by atoms with Gasteiger partial charge in [-0.25, -0.2) is 0 Å². The minimum Gasteiger partial charge on any atom is -0.465 e. The van der Waals surface area contributed by atoms with E-state index in [0.717, 1.165) is 68.6 Å². The first-order valence-electron chi connectivity index (χ1n) is 21.6. The largest absolute Gasteiger partial charge is 0.465 e. The lowest BCUT2D eigenvalue weighted by atomic mass is 9.67. The molecule has 3 aliphatic carbocycles. The Kier molecular flexibility index (Phi) is 18.0. The van der Waals surface area contributed by atoms with Crippen molar-refractivity contribution in [1.82, 2.24) is 0 Å². The van der Waals surface area contributed by atoms with Crippen LogP contribution < -0.4 is 0 Å². The van der Waals surface area contributed by atoms with Gasteiger partial charge in [0.25, 0.3) is 0 Å². The average molecular weight is 687 g/mol. The predicted molar refractivity (Wildman–Crippen MR) is 206 cm³/mol. The van der Waals surface area contributed by atoms with Crippen LogP contribution in [0.25, 0.3) is 0 Å². The van der Waals surface area contributed by atoms with Crippen LogP contribution >= 0.6 is 0 Å². The molecule has 0 spiro atoms. The number of hydrogen-bond acceptors (Lipinski definition) is 4. The van der Waals surface area contributed by atoms with E-state index in [1.807, 2.05) is 0 Å². The van der Waals surface area contributed by atoms with Crippen LogP contribution in [0.3, 0.4) is 0 Å². The van der Waals surface area contributed by atoms with Crippen molar-refractivity contribution in [3.63, 3.8) is 0 Å². The number of hydrogen-bond donors (Lipinski definition) is 0.